The fourth-order valence-electron chi connectivity index (χ4n) is 0.594. The van der Waals surface area contributed by atoms with Crippen LogP contribution in [0.2, 0.25) is 0 Å². The Morgan fingerprint density at radius 3 is 2.58 bits per heavy atom. The highest BCUT2D eigenvalue weighted by atomic mass is 16.5. The molecule has 0 saturated carbocycles. The third-order valence-corrected chi connectivity index (χ3v) is 1.73. The molecule has 3 heteroatoms. The van der Waals surface area contributed by atoms with Crippen molar-refractivity contribution < 1.29 is 9.53 Å². The van der Waals surface area contributed by atoms with E-state index in [1.165, 1.54) is 13.2 Å². The van der Waals surface area contributed by atoms with Gasteiger partial charge in [-0.25, -0.2) is 4.79 Å². The number of rotatable bonds is 4. The van der Waals surface area contributed by atoms with Gasteiger partial charge in [0.25, 0.3) is 0 Å². The van der Waals surface area contributed by atoms with Crippen LogP contribution in [0.1, 0.15) is 13.8 Å². The van der Waals surface area contributed by atoms with Gasteiger partial charge in [-0.15, -0.1) is 0 Å². The second-order valence-electron chi connectivity index (χ2n) is 2.96. The van der Waals surface area contributed by atoms with Gasteiger partial charge < -0.3 is 9.64 Å². The first-order chi connectivity index (χ1) is 5.57. The molecule has 0 spiro atoms. The van der Waals surface area contributed by atoms with Crippen molar-refractivity contribution in [2.45, 2.75) is 19.9 Å². The molecule has 0 fully saturated rings. The van der Waals surface area contributed by atoms with E-state index < -0.39 is 0 Å². The summed E-state index contributed by atoms with van der Waals surface area (Å²) in [6, 6.07) is 0.493. The van der Waals surface area contributed by atoms with Crippen LogP contribution >= 0.6 is 0 Å². The molecule has 0 amide bonds. The average Bonchev–Trinajstić information content (AvgIpc) is 2.03. The van der Waals surface area contributed by atoms with E-state index in [9.17, 15) is 4.79 Å². The van der Waals surface area contributed by atoms with Crippen molar-refractivity contribution in [2.24, 2.45) is 0 Å². The molecule has 0 saturated heterocycles. The summed E-state index contributed by atoms with van der Waals surface area (Å²) in [5.41, 5.74) is 0. The maximum absolute atomic E-state index is 10.6. The summed E-state index contributed by atoms with van der Waals surface area (Å²) in [5.74, 6) is -0.299. The molecule has 0 aromatic rings. The van der Waals surface area contributed by atoms with Crippen molar-refractivity contribution in [3.05, 3.63) is 12.2 Å². The molecule has 12 heavy (non-hydrogen) atoms. The van der Waals surface area contributed by atoms with Crippen molar-refractivity contribution >= 4 is 5.97 Å². The Morgan fingerprint density at radius 1 is 1.58 bits per heavy atom. The zero-order valence-corrected chi connectivity index (χ0v) is 8.20. The molecule has 0 N–H and O–H groups in total. The highest BCUT2D eigenvalue weighted by Gasteiger charge is 1.99. The zero-order chi connectivity index (χ0) is 9.56. The van der Waals surface area contributed by atoms with Crippen LogP contribution < -0.4 is 0 Å². The quantitative estimate of drug-likeness (QED) is 0.468. The lowest BCUT2D eigenvalue weighted by molar-refractivity contribution is -0.134. The van der Waals surface area contributed by atoms with Crippen molar-refractivity contribution in [3.63, 3.8) is 0 Å². The van der Waals surface area contributed by atoms with Gasteiger partial charge in [0.1, 0.15) is 0 Å². The van der Waals surface area contributed by atoms with Crippen LogP contribution in [0.3, 0.4) is 0 Å². The first-order valence-electron chi connectivity index (χ1n) is 4.02. The van der Waals surface area contributed by atoms with Gasteiger partial charge in [0.2, 0.25) is 0 Å². The predicted molar refractivity (Wildman–Crippen MR) is 48.9 cm³/mol. The maximum atomic E-state index is 10.6. The van der Waals surface area contributed by atoms with Crippen LogP contribution in [0, 0.1) is 0 Å². The highest BCUT2D eigenvalue weighted by Crippen LogP contribution is 1.92. The van der Waals surface area contributed by atoms with E-state index >= 15 is 0 Å². The van der Waals surface area contributed by atoms with Crippen LogP contribution in [-0.4, -0.2) is 37.6 Å². The van der Waals surface area contributed by atoms with Crippen LogP contribution in [0.4, 0.5) is 0 Å². The number of esters is 1. The molecule has 0 aliphatic carbocycles. The van der Waals surface area contributed by atoms with E-state index in [1.807, 2.05) is 7.05 Å². The Bertz CT molecular complexity index is 164. The Kier molecular flexibility index (Phi) is 5.37. The summed E-state index contributed by atoms with van der Waals surface area (Å²) in [5, 5.41) is 0. The molecule has 0 rings (SSSR count). The lowest BCUT2D eigenvalue weighted by Crippen LogP contribution is -2.26. The second kappa shape index (κ2) is 5.77. The van der Waals surface area contributed by atoms with Gasteiger partial charge in [0.05, 0.1) is 7.11 Å². The Morgan fingerprint density at radius 2 is 2.17 bits per heavy atom. The van der Waals surface area contributed by atoms with Gasteiger partial charge in [-0.05, 0) is 20.9 Å². The average molecular weight is 171 g/mol. The normalized spacial score (nSPS) is 11.5. The Labute approximate surface area is 74.0 Å². The number of methoxy groups -OCH3 is 1. The predicted octanol–water partition coefficient (Wildman–Crippen LogP) is 1.06. The van der Waals surface area contributed by atoms with E-state index in [2.05, 4.69) is 23.5 Å². The minimum absolute atomic E-state index is 0.299. The minimum atomic E-state index is -0.299. The van der Waals surface area contributed by atoms with Crippen LogP contribution in [-0.2, 0) is 9.53 Å². The molecule has 70 valence electrons. The number of carbonyl (C=O) groups excluding carboxylic acids is 1. The summed E-state index contributed by atoms with van der Waals surface area (Å²) in [7, 11) is 3.38. The number of likely N-dealkylation sites (N-methyl/N-ethyl adjacent to an activating group) is 1. The van der Waals surface area contributed by atoms with Crippen molar-refractivity contribution in [2.75, 3.05) is 20.7 Å². The third kappa shape index (κ3) is 4.91. The van der Waals surface area contributed by atoms with Gasteiger partial charge >= 0.3 is 5.97 Å². The third-order valence-electron chi connectivity index (χ3n) is 1.73. The van der Waals surface area contributed by atoms with Crippen LogP contribution in [0.5, 0.6) is 0 Å². The smallest absolute Gasteiger partial charge is 0.330 e. The maximum Gasteiger partial charge on any atom is 0.330 e. The number of hydrogen-bond donors (Lipinski definition) is 0. The molecule has 0 aromatic heterocycles. The molecule has 0 aliphatic rings. The molecule has 0 aliphatic heterocycles. The summed E-state index contributed by atoms with van der Waals surface area (Å²) in [4.78, 5) is 12.8. The summed E-state index contributed by atoms with van der Waals surface area (Å²) in [6.07, 6.45) is 3.24. The number of carbonyl (C=O) groups is 1. The molecule has 0 heterocycles. The molecule has 0 atom stereocenters. The Hall–Kier alpha value is -0.830. The topological polar surface area (TPSA) is 29.5 Å². The molecule has 0 radical (unpaired) electrons. The van der Waals surface area contributed by atoms with E-state index in [-0.39, 0.29) is 5.97 Å². The standard InChI is InChI=1S/C9H17NO2/c1-8(2)10(3)7-5-6-9(11)12-4/h5-6,8H,7H2,1-4H3/b6-5+. The van der Waals surface area contributed by atoms with Crippen molar-refractivity contribution in [1.82, 2.24) is 4.90 Å². The van der Waals surface area contributed by atoms with Gasteiger partial charge in [0, 0.05) is 18.7 Å². The molecule has 3 nitrogen and oxygen atoms in total. The van der Waals surface area contributed by atoms with E-state index in [0.717, 1.165) is 6.54 Å². The van der Waals surface area contributed by atoms with E-state index in [1.54, 1.807) is 6.08 Å². The van der Waals surface area contributed by atoms with Gasteiger partial charge in [-0.3, -0.25) is 0 Å². The first-order valence-corrected chi connectivity index (χ1v) is 4.02. The monoisotopic (exact) mass is 171 g/mol. The summed E-state index contributed by atoms with van der Waals surface area (Å²) in [6.45, 7) is 4.98. The minimum Gasteiger partial charge on any atom is -0.466 e. The highest BCUT2D eigenvalue weighted by molar-refractivity contribution is 5.81. The summed E-state index contributed by atoms with van der Waals surface area (Å²) < 4.78 is 4.45. The number of ether oxygens (including phenoxy) is 1. The summed E-state index contributed by atoms with van der Waals surface area (Å²) >= 11 is 0. The fraction of sp³-hybridized carbons (Fsp3) is 0.667. The van der Waals surface area contributed by atoms with E-state index in [4.69, 9.17) is 0 Å². The molecule has 0 aromatic carbocycles. The zero-order valence-electron chi connectivity index (χ0n) is 8.20. The second-order valence-corrected chi connectivity index (χ2v) is 2.96. The molecular formula is C9H17NO2. The Balaban J connectivity index is 3.67. The molecule has 0 unspecified atom stereocenters. The lowest BCUT2D eigenvalue weighted by Gasteiger charge is -2.18. The van der Waals surface area contributed by atoms with Crippen LogP contribution in [0.25, 0.3) is 0 Å². The largest absolute Gasteiger partial charge is 0.466 e. The molecular weight excluding hydrogens is 154 g/mol. The van der Waals surface area contributed by atoms with Gasteiger partial charge in [-0.1, -0.05) is 6.08 Å². The SMILES string of the molecule is COC(=O)/C=C/CN(C)C(C)C. The van der Waals surface area contributed by atoms with E-state index in [0.29, 0.717) is 6.04 Å². The first kappa shape index (κ1) is 11.2. The number of nitrogens with zero attached hydrogens (tertiary/aromatic N) is 1. The van der Waals surface area contributed by atoms with Crippen molar-refractivity contribution in [3.8, 4) is 0 Å². The lowest BCUT2D eigenvalue weighted by atomic mass is 10.3. The van der Waals surface area contributed by atoms with Crippen molar-refractivity contribution in [1.29, 1.82) is 0 Å². The van der Waals surface area contributed by atoms with Gasteiger partial charge in [-0.2, -0.15) is 0 Å². The van der Waals surface area contributed by atoms with Crippen LogP contribution in [0.15, 0.2) is 12.2 Å². The fourth-order valence-corrected chi connectivity index (χ4v) is 0.594. The number of hydrogen-bond acceptors (Lipinski definition) is 3. The van der Waals surface area contributed by atoms with Gasteiger partial charge in [0.15, 0.2) is 0 Å². The molecule has 0 bridgehead atoms.